The number of hydrogen-bond acceptors (Lipinski definition) is 3. The molecule has 1 unspecified atom stereocenters. The Hall–Kier alpha value is -1.84. The van der Waals surface area contributed by atoms with Gasteiger partial charge in [0.05, 0.1) is 6.61 Å². The lowest BCUT2D eigenvalue weighted by molar-refractivity contribution is 0.281. The molecule has 106 valence electrons. The van der Waals surface area contributed by atoms with Gasteiger partial charge in [-0.05, 0) is 37.2 Å². The number of aliphatic hydroxyl groups excluding tert-OH is 1. The molecule has 0 bridgehead atoms. The van der Waals surface area contributed by atoms with Gasteiger partial charge in [-0.2, -0.15) is 0 Å². The maximum atomic E-state index is 9.05. The van der Waals surface area contributed by atoms with Gasteiger partial charge in [0.15, 0.2) is 0 Å². The van der Waals surface area contributed by atoms with Crippen molar-refractivity contribution < 1.29 is 9.84 Å². The van der Waals surface area contributed by atoms with Crippen LogP contribution in [0.3, 0.4) is 0 Å². The van der Waals surface area contributed by atoms with Crippen LogP contribution in [0.15, 0.2) is 48.5 Å². The zero-order chi connectivity index (χ0) is 14.4. The highest BCUT2D eigenvalue weighted by Gasteiger charge is 2.10. The molecule has 0 spiro atoms. The largest absolute Gasteiger partial charge is 0.457 e. The summed E-state index contributed by atoms with van der Waals surface area (Å²) in [5.74, 6) is 1.64. The van der Waals surface area contributed by atoms with Gasteiger partial charge in [-0.3, -0.25) is 0 Å². The summed E-state index contributed by atoms with van der Waals surface area (Å²) in [6.07, 6.45) is 0. The van der Waals surface area contributed by atoms with Gasteiger partial charge in [-0.25, -0.2) is 0 Å². The van der Waals surface area contributed by atoms with Crippen LogP contribution in [0.4, 0.5) is 0 Å². The third-order valence-corrected chi connectivity index (χ3v) is 3.23. The Bertz CT molecular complexity index is 537. The lowest BCUT2D eigenvalue weighted by Crippen LogP contribution is -2.18. The molecule has 2 aromatic rings. The summed E-state index contributed by atoms with van der Waals surface area (Å²) < 4.78 is 5.95. The highest BCUT2D eigenvalue weighted by molar-refractivity contribution is 5.40. The zero-order valence-corrected chi connectivity index (χ0v) is 12.0. The lowest BCUT2D eigenvalue weighted by Gasteiger charge is -2.17. The number of ether oxygens (including phenoxy) is 1. The van der Waals surface area contributed by atoms with Gasteiger partial charge in [0.2, 0.25) is 0 Å². The van der Waals surface area contributed by atoms with Crippen LogP contribution >= 0.6 is 0 Å². The van der Waals surface area contributed by atoms with Crippen molar-refractivity contribution in [2.75, 3.05) is 6.54 Å². The summed E-state index contributed by atoms with van der Waals surface area (Å²) in [7, 11) is 0. The number of aliphatic hydroxyl groups is 1. The minimum absolute atomic E-state index is 0.0499. The van der Waals surface area contributed by atoms with Crippen LogP contribution in [0, 0.1) is 0 Å². The molecule has 0 amide bonds. The van der Waals surface area contributed by atoms with Crippen molar-refractivity contribution in [3.05, 3.63) is 59.7 Å². The molecule has 1 atom stereocenters. The van der Waals surface area contributed by atoms with E-state index in [1.807, 2.05) is 42.5 Å². The van der Waals surface area contributed by atoms with E-state index in [0.717, 1.165) is 29.2 Å². The summed E-state index contributed by atoms with van der Waals surface area (Å²) in [6.45, 7) is 5.18. The second kappa shape index (κ2) is 7.08. The Kier molecular flexibility index (Phi) is 5.16. The topological polar surface area (TPSA) is 41.5 Å². The number of rotatable bonds is 6. The van der Waals surface area contributed by atoms with E-state index < -0.39 is 0 Å². The van der Waals surface area contributed by atoms with Crippen LogP contribution in [0.1, 0.15) is 31.0 Å². The first-order valence-corrected chi connectivity index (χ1v) is 6.94. The number of nitrogens with one attached hydrogen (secondary N) is 1. The smallest absolute Gasteiger partial charge is 0.132 e. The Morgan fingerprint density at radius 3 is 2.45 bits per heavy atom. The predicted octanol–water partition coefficient (Wildman–Crippen LogP) is 3.64. The molecule has 2 rings (SSSR count). The number of para-hydroxylation sites is 1. The quantitative estimate of drug-likeness (QED) is 0.842. The van der Waals surface area contributed by atoms with Crippen LogP contribution in [-0.4, -0.2) is 11.7 Å². The Labute approximate surface area is 120 Å². The molecule has 2 N–H and O–H groups in total. The first-order valence-electron chi connectivity index (χ1n) is 6.94. The van der Waals surface area contributed by atoms with E-state index in [1.165, 1.54) is 0 Å². The van der Waals surface area contributed by atoms with Gasteiger partial charge in [0.25, 0.3) is 0 Å². The standard InChI is InChI=1S/C17H21NO2/c1-3-18-13(2)16-6-4-5-7-17(16)20-15-10-8-14(12-19)9-11-15/h4-11,13,18-19H,3,12H2,1-2H3. The highest BCUT2D eigenvalue weighted by Crippen LogP contribution is 2.29. The van der Waals surface area contributed by atoms with Gasteiger partial charge < -0.3 is 15.2 Å². The van der Waals surface area contributed by atoms with E-state index in [-0.39, 0.29) is 12.6 Å². The molecular formula is C17H21NO2. The number of hydrogen-bond donors (Lipinski definition) is 2. The van der Waals surface area contributed by atoms with Crippen LogP contribution in [0.5, 0.6) is 11.5 Å². The van der Waals surface area contributed by atoms with Gasteiger partial charge in [0, 0.05) is 11.6 Å². The van der Waals surface area contributed by atoms with E-state index >= 15 is 0 Å². The van der Waals surface area contributed by atoms with Gasteiger partial charge in [0.1, 0.15) is 11.5 Å². The van der Waals surface area contributed by atoms with Crippen molar-refractivity contribution in [2.45, 2.75) is 26.5 Å². The molecule has 0 aromatic heterocycles. The van der Waals surface area contributed by atoms with E-state index in [1.54, 1.807) is 0 Å². The normalized spacial score (nSPS) is 12.2. The van der Waals surface area contributed by atoms with Gasteiger partial charge in [-0.1, -0.05) is 37.3 Å². The molecular weight excluding hydrogens is 250 g/mol. The van der Waals surface area contributed by atoms with Gasteiger partial charge >= 0.3 is 0 Å². The number of benzene rings is 2. The van der Waals surface area contributed by atoms with Crippen molar-refractivity contribution in [2.24, 2.45) is 0 Å². The van der Waals surface area contributed by atoms with E-state index in [9.17, 15) is 0 Å². The third kappa shape index (κ3) is 3.59. The Balaban J connectivity index is 2.19. The SMILES string of the molecule is CCNC(C)c1ccccc1Oc1ccc(CO)cc1. The van der Waals surface area contributed by atoms with E-state index in [2.05, 4.69) is 25.2 Å². The third-order valence-electron chi connectivity index (χ3n) is 3.23. The van der Waals surface area contributed by atoms with Crippen LogP contribution < -0.4 is 10.1 Å². The second-order valence-corrected chi connectivity index (χ2v) is 4.72. The fraction of sp³-hybridized carbons (Fsp3) is 0.294. The summed E-state index contributed by atoms with van der Waals surface area (Å²) in [5, 5.41) is 12.4. The second-order valence-electron chi connectivity index (χ2n) is 4.72. The maximum absolute atomic E-state index is 9.05. The van der Waals surface area contributed by atoms with Crippen molar-refractivity contribution in [1.29, 1.82) is 0 Å². The average Bonchev–Trinajstić information content (AvgIpc) is 2.49. The summed E-state index contributed by atoms with van der Waals surface area (Å²) in [5.41, 5.74) is 2.02. The molecule has 20 heavy (non-hydrogen) atoms. The first-order chi connectivity index (χ1) is 9.74. The lowest BCUT2D eigenvalue weighted by atomic mass is 10.1. The molecule has 0 aliphatic rings. The first kappa shape index (κ1) is 14.6. The highest BCUT2D eigenvalue weighted by atomic mass is 16.5. The van der Waals surface area contributed by atoms with E-state index in [0.29, 0.717) is 0 Å². The van der Waals surface area contributed by atoms with Crippen molar-refractivity contribution in [3.63, 3.8) is 0 Å². The van der Waals surface area contributed by atoms with Crippen LogP contribution in [-0.2, 0) is 6.61 Å². The minimum Gasteiger partial charge on any atom is -0.457 e. The molecule has 3 heteroatoms. The molecule has 0 heterocycles. The Morgan fingerprint density at radius 1 is 1.10 bits per heavy atom. The molecule has 0 fully saturated rings. The van der Waals surface area contributed by atoms with E-state index in [4.69, 9.17) is 9.84 Å². The molecule has 0 saturated heterocycles. The van der Waals surface area contributed by atoms with Crippen molar-refractivity contribution in [3.8, 4) is 11.5 Å². The van der Waals surface area contributed by atoms with Crippen LogP contribution in [0.25, 0.3) is 0 Å². The molecule has 0 saturated carbocycles. The Morgan fingerprint density at radius 2 is 1.80 bits per heavy atom. The molecule has 2 aromatic carbocycles. The monoisotopic (exact) mass is 271 g/mol. The fourth-order valence-corrected chi connectivity index (χ4v) is 2.14. The van der Waals surface area contributed by atoms with Gasteiger partial charge in [-0.15, -0.1) is 0 Å². The van der Waals surface area contributed by atoms with Crippen molar-refractivity contribution >= 4 is 0 Å². The molecule has 3 nitrogen and oxygen atoms in total. The molecule has 0 radical (unpaired) electrons. The average molecular weight is 271 g/mol. The minimum atomic E-state index is 0.0499. The molecule has 0 aliphatic heterocycles. The maximum Gasteiger partial charge on any atom is 0.132 e. The summed E-state index contributed by atoms with van der Waals surface area (Å²) >= 11 is 0. The molecule has 0 aliphatic carbocycles. The predicted molar refractivity (Wildman–Crippen MR) is 81.0 cm³/mol. The zero-order valence-electron chi connectivity index (χ0n) is 12.0. The fourth-order valence-electron chi connectivity index (χ4n) is 2.14. The summed E-state index contributed by atoms with van der Waals surface area (Å²) in [4.78, 5) is 0. The summed E-state index contributed by atoms with van der Waals surface area (Å²) in [6, 6.07) is 15.8. The van der Waals surface area contributed by atoms with Crippen LogP contribution in [0.2, 0.25) is 0 Å². The van der Waals surface area contributed by atoms with Crippen molar-refractivity contribution in [1.82, 2.24) is 5.32 Å².